The summed E-state index contributed by atoms with van der Waals surface area (Å²) in [5.41, 5.74) is 3.03. The summed E-state index contributed by atoms with van der Waals surface area (Å²) in [4.78, 5) is 31.3. The zero-order valence-electron chi connectivity index (χ0n) is 12.7. The van der Waals surface area contributed by atoms with Crippen LogP contribution in [0.4, 0.5) is 5.69 Å². The first kappa shape index (κ1) is 14.8. The molecule has 0 aliphatic heterocycles. The number of carbonyl (C=O) groups is 2. The van der Waals surface area contributed by atoms with Crippen molar-refractivity contribution in [1.82, 2.24) is 9.97 Å². The summed E-state index contributed by atoms with van der Waals surface area (Å²) in [6.45, 7) is 1.86. The second-order valence-corrected chi connectivity index (χ2v) is 5.08. The molecule has 0 saturated heterocycles. The topological polar surface area (TPSA) is 84.1 Å². The Morgan fingerprint density at radius 1 is 1.13 bits per heavy atom. The number of imidazole rings is 1. The number of nitrogens with zero attached hydrogens (tertiary/aromatic N) is 1. The van der Waals surface area contributed by atoms with Gasteiger partial charge in [0.1, 0.15) is 5.82 Å². The van der Waals surface area contributed by atoms with E-state index in [9.17, 15) is 9.59 Å². The molecule has 0 bridgehead atoms. The zero-order valence-corrected chi connectivity index (χ0v) is 12.7. The molecule has 1 heterocycles. The molecule has 0 aliphatic rings. The van der Waals surface area contributed by atoms with Gasteiger partial charge < -0.3 is 15.0 Å². The molecular formula is C17H15N3O3. The highest BCUT2D eigenvalue weighted by Gasteiger charge is 2.10. The van der Waals surface area contributed by atoms with Crippen LogP contribution in [-0.4, -0.2) is 29.0 Å². The third kappa shape index (κ3) is 3.06. The Morgan fingerprint density at radius 3 is 2.74 bits per heavy atom. The van der Waals surface area contributed by atoms with Crippen LogP contribution >= 0.6 is 0 Å². The highest BCUT2D eigenvalue weighted by atomic mass is 16.5. The highest BCUT2D eigenvalue weighted by Crippen LogP contribution is 2.16. The van der Waals surface area contributed by atoms with Gasteiger partial charge in [-0.15, -0.1) is 0 Å². The van der Waals surface area contributed by atoms with Crippen molar-refractivity contribution in [2.75, 3.05) is 12.4 Å². The minimum atomic E-state index is -0.449. The van der Waals surface area contributed by atoms with Gasteiger partial charge in [-0.25, -0.2) is 9.78 Å². The number of hydrogen-bond acceptors (Lipinski definition) is 4. The molecular weight excluding hydrogens is 294 g/mol. The van der Waals surface area contributed by atoms with Crippen LogP contribution in [0.2, 0.25) is 0 Å². The van der Waals surface area contributed by atoms with Gasteiger partial charge in [0.2, 0.25) is 0 Å². The maximum absolute atomic E-state index is 12.4. The van der Waals surface area contributed by atoms with E-state index in [-0.39, 0.29) is 5.91 Å². The molecule has 3 rings (SSSR count). The molecule has 0 aliphatic carbocycles. The summed E-state index contributed by atoms with van der Waals surface area (Å²) >= 11 is 0. The number of nitrogens with one attached hydrogen (secondary N) is 2. The number of H-pyrrole nitrogens is 1. The molecule has 0 unspecified atom stereocenters. The number of aromatic nitrogens is 2. The number of esters is 1. The number of hydrogen-bond donors (Lipinski definition) is 2. The van der Waals surface area contributed by atoms with E-state index in [1.165, 1.54) is 7.11 Å². The number of rotatable bonds is 3. The first-order chi connectivity index (χ1) is 11.1. The fourth-order valence-corrected chi connectivity index (χ4v) is 2.32. The van der Waals surface area contributed by atoms with E-state index in [1.54, 1.807) is 42.5 Å². The van der Waals surface area contributed by atoms with E-state index < -0.39 is 5.97 Å². The Kier molecular flexibility index (Phi) is 3.80. The number of methoxy groups -OCH3 is 1. The van der Waals surface area contributed by atoms with Gasteiger partial charge >= 0.3 is 5.97 Å². The third-order valence-electron chi connectivity index (χ3n) is 3.40. The number of anilines is 1. The number of amides is 1. The smallest absolute Gasteiger partial charge is 0.337 e. The van der Waals surface area contributed by atoms with Gasteiger partial charge in [0, 0.05) is 11.3 Å². The molecule has 6 nitrogen and oxygen atoms in total. The molecule has 0 radical (unpaired) electrons. The molecule has 2 aromatic carbocycles. The van der Waals surface area contributed by atoms with E-state index >= 15 is 0 Å². The average molecular weight is 309 g/mol. The minimum Gasteiger partial charge on any atom is -0.465 e. The first-order valence-electron chi connectivity index (χ1n) is 7.03. The van der Waals surface area contributed by atoms with Crippen LogP contribution in [0, 0.1) is 6.92 Å². The van der Waals surface area contributed by atoms with Gasteiger partial charge in [-0.2, -0.15) is 0 Å². The van der Waals surface area contributed by atoms with Crippen LogP contribution in [0.15, 0.2) is 42.5 Å². The normalized spacial score (nSPS) is 10.5. The molecule has 1 amide bonds. The number of ether oxygens (including phenoxy) is 1. The van der Waals surface area contributed by atoms with Crippen LogP contribution in [0.1, 0.15) is 26.5 Å². The van der Waals surface area contributed by atoms with E-state index in [1.807, 2.05) is 6.92 Å². The lowest BCUT2D eigenvalue weighted by atomic mass is 10.1. The van der Waals surface area contributed by atoms with Gasteiger partial charge in [0.15, 0.2) is 0 Å². The van der Waals surface area contributed by atoms with Crippen LogP contribution < -0.4 is 5.32 Å². The van der Waals surface area contributed by atoms with Crippen molar-refractivity contribution >= 4 is 28.6 Å². The third-order valence-corrected chi connectivity index (χ3v) is 3.40. The highest BCUT2D eigenvalue weighted by molar-refractivity contribution is 6.06. The summed E-state index contributed by atoms with van der Waals surface area (Å²) in [6.07, 6.45) is 0. The van der Waals surface area contributed by atoms with Crippen LogP contribution in [0.3, 0.4) is 0 Å². The molecule has 6 heteroatoms. The van der Waals surface area contributed by atoms with E-state index in [2.05, 4.69) is 20.0 Å². The lowest BCUT2D eigenvalue weighted by molar-refractivity contribution is 0.0600. The molecule has 0 fully saturated rings. The average Bonchev–Trinajstić information content (AvgIpc) is 2.93. The Balaban J connectivity index is 1.84. The Morgan fingerprint density at radius 2 is 1.96 bits per heavy atom. The Hall–Kier alpha value is -3.15. The SMILES string of the molecule is COC(=O)c1cccc(NC(=O)c2ccc3nc(C)[nH]c3c2)c1. The summed E-state index contributed by atoms with van der Waals surface area (Å²) in [6, 6.07) is 11.8. The quantitative estimate of drug-likeness (QED) is 0.729. The molecule has 3 aromatic rings. The number of aryl methyl sites for hydroxylation is 1. The molecule has 116 valence electrons. The van der Waals surface area contributed by atoms with Gasteiger partial charge in [0.25, 0.3) is 5.91 Å². The van der Waals surface area contributed by atoms with Gasteiger partial charge in [-0.3, -0.25) is 4.79 Å². The van der Waals surface area contributed by atoms with E-state index in [0.717, 1.165) is 16.9 Å². The van der Waals surface area contributed by atoms with Crippen LogP contribution in [0.25, 0.3) is 11.0 Å². The fourth-order valence-electron chi connectivity index (χ4n) is 2.32. The van der Waals surface area contributed by atoms with Gasteiger partial charge in [-0.05, 0) is 43.3 Å². The number of fused-ring (bicyclic) bond motifs is 1. The van der Waals surface area contributed by atoms with Crippen molar-refractivity contribution in [2.24, 2.45) is 0 Å². The van der Waals surface area contributed by atoms with Crippen LogP contribution in [-0.2, 0) is 4.74 Å². The lowest BCUT2D eigenvalue weighted by Crippen LogP contribution is -2.12. The predicted octanol–water partition coefficient (Wildman–Crippen LogP) is 2.91. The number of aromatic amines is 1. The van der Waals surface area contributed by atoms with Gasteiger partial charge in [-0.1, -0.05) is 6.07 Å². The summed E-state index contributed by atoms with van der Waals surface area (Å²) in [7, 11) is 1.31. The monoisotopic (exact) mass is 309 g/mol. The van der Waals surface area contributed by atoms with Gasteiger partial charge in [0.05, 0.1) is 23.7 Å². The van der Waals surface area contributed by atoms with Crippen LogP contribution in [0.5, 0.6) is 0 Å². The first-order valence-corrected chi connectivity index (χ1v) is 7.03. The minimum absolute atomic E-state index is 0.263. The summed E-state index contributed by atoms with van der Waals surface area (Å²) in [5.74, 6) is 0.0833. The van der Waals surface area contributed by atoms with Crippen molar-refractivity contribution in [3.05, 3.63) is 59.4 Å². The largest absolute Gasteiger partial charge is 0.465 e. The van der Waals surface area contributed by atoms with Crippen molar-refractivity contribution in [3.63, 3.8) is 0 Å². The maximum atomic E-state index is 12.4. The number of carbonyl (C=O) groups excluding carboxylic acids is 2. The molecule has 23 heavy (non-hydrogen) atoms. The second-order valence-electron chi connectivity index (χ2n) is 5.08. The molecule has 2 N–H and O–H groups in total. The van der Waals surface area contributed by atoms with Crippen molar-refractivity contribution in [1.29, 1.82) is 0 Å². The lowest BCUT2D eigenvalue weighted by Gasteiger charge is -2.07. The summed E-state index contributed by atoms with van der Waals surface area (Å²) in [5, 5.41) is 2.77. The van der Waals surface area contributed by atoms with Crippen molar-refractivity contribution in [2.45, 2.75) is 6.92 Å². The summed E-state index contributed by atoms with van der Waals surface area (Å²) < 4.78 is 4.67. The van der Waals surface area contributed by atoms with E-state index in [4.69, 9.17) is 0 Å². The molecule has 0 spiro atoms. The molecule has 1 aromatic heterocycles. The van der Waals surface area contributed by atoms with Crippen molar-refractivity contribution in [3.8, 4) is 0 Å². The maximum Gasteiger partial charge on any atom is 0.337 e. The second kappa shape index (κ2) is 5.92. The fraction of sp³-hybridized carbons (Fsp3) is 0.118. The van der Waals surface area contributed by atoms with E-state index in [0.29, 0.717) is 16.8 Å². The molecule has 0 saturated carbocycles. The zero-order chi connectivity index (χ0) is 16.4. The number of benzene rings is 2. The molecule has 0 atom stereocenters. The predicted molar refractivity (Wildman–Crippen MR) is 86.6 cm³/mol. The standard InChI is InChI=1S/C17H15N3O3/c1-10-18-14-7-6-11(9-15(14)19-10)16(21)20-13-5-3-4-12(8-13)17(22)23-2/h3-9H,1-2H3,(H,18,19)(H,20,21). The Bertz CT molecular complexity index is 899. The Labute approximate surface area is 132 Å². The van der Waals surface area contributed by atoms with Crippen molar-refractivity contribution < 1.29 is 14.3 Å².